The number of thioether (sulfide) groups is 1. The van der Waals surface area contributed by atoms with Crippen molar-refractivity contribution in [2.24, 2.45) is 0 Å². The van der Waals surface area contributed by atoms with Gasteiger partial charge in [-0.1, -0.05) is 85.6 Å². The Balaban J connectivity index is 1.43. The summed E-state index contributed by atoms with van der Waals surface area (Å²) < 4.78 is 9.92. The molecular weight excluding hydrogens is 516 g/mol. The number of para-hydroxylation sites is 1. The van der Waals surface area contributed by atoms with Gasteiger partial charge < -0.3 is 4.74 Å². The monoisotopic (exact) mass is 548 g/mol. The number of benzene rings is 3. The first kappa shape index (κ1) is 25.1. The van der Waals surface area contributed by atoms with Crippen molar-refractivity contribution < 1.29 is 4.74 Å². The molecule has 0 N–H and O–H groups in total. The quantitative estimate of drug-likeness (QED) is 0.173. The van der Waals surface area contributed by atoms with Crippen LogP contribution >= 0.6 is 11.8 Å². The van der Waals surface area contributed by atoms with E-state index in [2.05, 4.69) is 57.9 Å². The number of hydrogen-bond donors (Lipinski definition) is 0. The molecule has 202 valence electrons. The molecule has 0 bridgehead atoms. The third-order valence-electron chi connectivity index (χ3n) is 8.42. The Morgan fingerprint density at radius 3 is 2.55 bits per heavy atom. The Bertz CT molecular complexity index is 1750. The molecule has 2 aliphatic rings. The standard InChI is InChI=1S/C33H32N4O2S/c1-23-11-10-13-25(21-23)36-30(38)28-29(27-16-7-6-12-24(27)22-33(28)17-8-3-9-18-33)37-31(36)34-35-32(37)40-20-19-39-26-14-4-2-5-15-26/h2,4-7,10-16,21H,3,8-9,17-20,22H2,1H3. The van der Waals surface area contributed by atoms with E-state index in [1.54, 1.807) is 16.3 Å². The molecule has 0 amide bonds. The van der Waals surface area contributed by atoms with Crippen molar-refractivity contribution in [3.05, 3.63) is 106 Å². The predicted octanol–water partition coefficient (Wildman–Crippen LogP) is 6.78. The van der Waals surface area contributed by atoms with Crippen molar-refractivity contribution in [3.8, 4) is 22.7 Å². The van der Waals surface area contributed by atoms with Gasteiger partial charge in [0, 0.05) is 22.3 Å². The molecule has 0 aliphatic heterocycles. The molecule has 0 radical (unpaired) electrons. The van der Waals surface area contributed by atoms with Gasteiger partial charge in [0.25, 0.3) is 5.56 Å². The summed E-state index contributed by atoms with van der Waals surface area (Å²) in [5, 5.41) is 10.1. The zero-order chi connectivity index (χ0) is 27.1. The zero-order valence-corrected chi connectivity index (χ0v) is 23.5. The highest BCUT2D eigenvalue weighted by atomic mass is 32.2. The van der Waals surface area contributed by atoms with Gasteiger partial charge in [-0.15, -0.1) is 10.2 Å². The zero-order valence-electron chi connectivity index (χ0n) is 22.7. The molecule has 1 saturated carbocycles. The number of hydrogen-bond acceptors (Lipinski definition) is 5. The molecule has 1 fully saturated rings. The molecule has 2 aromatic heterocycles. The third kappa shape index (κ3) is 4.24. The number of nitrogens with zero attached hydrogens (tertiary/aromatic N) is 4. The second-order valence-electron chi connectivity index (χ2n) is 11.0. The van der Waals surface area contributed by atoms with Crippen LogP contribution in [0.1, 0.15) is 48.8 Å². The van der Waals surface area contributed by atoms with E-state index in [9.17, 15) is 4.79 Å². The maximum absolute atomic E-state index is 14.7. The van der Waals surface area contributed by atoms with E-state index in [1.165, 1.54) is 12.0 Å². The molecule has 3 aromatic carbocycles. The van der Waals surface area contributed by atoms with Gasteiger partial charge in [-0.05, 0) is 61.6 Å². The first-order valence-corrected chi connectivity index (χ1v) is 15.1. The van der Waals surface area contributed by atoms with Crippen molar-refractivity contribution in [3.63, 3.8) is 0 Å². The molecule has 7 heteroatoms. The summed E-state index contributed by atoms with van der Waals surface area (Å²) in [5.74, 6) is 2.12. The summed E-state index contributed by atoms with van der Waals surface area (Å²) in [6, 6.07) is 26.6. The highest BCUT2D eigenvalue weighted by Gasteiger charge is 2.44. The molecule has 2 heterocycles. The van der Waals surface area contributed by atoms with Crippen molar-refractivity contribution >= 4 is 17.5 Å². The van der Waals surface area contributed by atoms with Gasteiger partial charge in [0.15, 0.2) is 5.16 Å². The lowest BCUT2D eigenvalue weighted by Crippen LogP contribution is -2.43. The number of aromatic nitrogens is 4. The van der Waals surface area contributed by atoms with Crippen LogP contribution in [-0.2, 0) is 11.8 Å². The van der Waals surface area contributed by atoms with Gasteiger partial charge in [0.05, 0.1) is 18.0 Å². The first-order chi connectivity index (χ1) is 19.6. The minimum absolute atomic E-state index is 0.0425. The molecule has 40 heavy (non-hydrogen) atoms. The van der Waals surface area contributed by atoms with E-state index in [0.717, 1.165) is 71.1 Å². The Morgan fingerprint density at radius 2 is 1.73 bits per heavy atom. The lowest BCUT2D eigenvalue weighted by Gasteiger charge is -2.42. The van der Waals surface area contributed by atoms with Gasteiger partial charge in [-0.25, -0.2) is 4.57 Å². The molecule has 6 nitrogen and oxygen atoms in total. The number of fused-ring (bicyclic) bond motifs is 6. The number of aryl methyl sites for hydroxylation is 1. The van der Waals surface area contributed by atoms with Gasteiger partial charge in [0.1, 0.15) is 5.75 Å². The molecule has 0 unspecified atom stereocenters. The predicted molar refractivity (Wildman–Crippen MR) is 160 cm³/mol. The van der Waals surface area contributed by atoms with Gasteiger partial charge in [-0.2, -0.15) is 0 Å². The van der Waals surface area contributed by atoms with E-state index in [0.29, 0.717) is 18.1 Å². The second kappa shape index (κ2) is 10.3. The molecular formula is C33H32N4O2S. The largest absolute Gasteiger partial charge is 0.493 e. The Labute approximate surface area is 238 Å². The average Bonchev–Trinajstić information content (AvgIpc) is 3.39. The lowest BCUT2D eigenvalue weighted by atomic mass is 9.62. The Hall–Kier alpha value is -3.84. The van der Waals surface area contributed by atoms with Crippen molar-refractivity contribution in [1.29, 1.82) is 0 Å². The maximum atomic E-state index is 14.7. The summed E-state index contributed by atoms with van der Waals surface area (Å²) in [7, 11) is 0. The van der Waals surface area contributed by atoms with Crippen molar-refractivity contribution in [1.82, 2.24) is 19.2 Å². The molecule has 5 aromatic rings. The van der Waals surface area contributed by atoms with Crippen molar-refractivity contribution in [2.45, 2.75) is 56.0 Å². The Morgan fingerprint density at radius 1 is 0.925 bits per heavy atom. The summed E-state index contributed by atoms with van der Waals surface area (Å²) in [5.41, 5.74) is 6.13. The minimum atomic E-state index is -0.179. The van der Waals surface area contributed by atoms with Crippen LogP contribution in [0.15, 0.2) is 88.8 Å². The van der Waals surface area contributed by atoms with Crippen LogP contribution in [0.2, 0.25) is 0 Å². The second-order valence-corrected chi connectivity index (χ2v) is 12.1. The van der Waals surface area contributed by atoms with E-state index in [1.807, 2.05) is 42.5 Å². The van der Waals surface area contributed by atoms with Gasteiger partial charge >= 0.3 is 0 Å². The minimum Gasteiger partial charge on any atom is -0.493 e. The van der Waals surface area contributed by atoms with Crippen LogP contribution in [0, 0.1) is 6.92 Å². The molecule has 7 rings (SSSR count). The summed E-state index contributed by atoms with van der Waals surface area (Å²) in [4.78, 5) is 14.7. The van der Waals surface area contributed by atoms with Crippen LogP contribution < -0.4 is 10.3 Å². The van der Waals surface area contributed by atoms with Crippen LogP contribution in [0.4, 0.5) is 0 Å². The summed E-state index contributed by atoms with van der Waals surface area (Å²) in [6.07, 6.45) is 6.47. The molecule has 1 spiro atoms. The average molecular weight is 549 g/mol. The molecule has 0 saturated heterocycles. The fraction of sp³-hybridized carbons (Fsp3) is 0.303. The van der Waals surface area contributed by atoms with Gasteiger partial charge in [-0.3, -0.25) is 9.20 Å². The van der Waals surface area contributed by atoms with Crippen LogP contribution in [0.25, 0.3) is 22.7 Å². The van der Waals surface area contributed by atoms with Crippen LogP contribution in [0.3, 0.4) is 0 Å². The summed E-state index contributed by atoms with van der Waals surface area (Å²) >= 11 is 1.62. The van der Waals surface area contributed by atoms with Crippen molar-refractivity contribution in [2.75, 3.05) is 12.4 Å². The van der Waals surface area contributed by atoms with E-state index in [4.69, 9.17) is 4.74 Å². The normalized spacial score (nSPS) is 15.6. The highest BCUT2D eigenvalue weighted by molar-refractivity contribution is 7.99. The Kier molecular flexibility index (Phi) is 6.47. The number of rotatable bonds is 6. The van der Waals surface area contributed by atoms with E-state index < -0.39 is 0 Å². The fourth-order valence-corrected chi connectivity index (χ4v) is 7.42. The third-order valence-corrected chi connectivity index (χ3v) is 9.32. The van der Waals surface area contributed by atoms with Crippen LogP contribution in [-0.4, -0.2) is 31.5 Å². The van der Waals surface area contributed by atoms with E-state index in [-0.39, 0.29) is 11.0 Å². The summed E-state index contributed by atoms with van der Waals surface area (Å²) in [6.45, 7) is 2.60. The molecule has 2 aliphatic carbocycles. The fourth-order valence-electron chi connectivity index (χ4n) is 6.67. The smallest absolute Gasteiger partial charge is 0.263 e. The number of ether oxygens (including phenoxy) is 1. The van der Waals surface area contributed by atoms with Crippen LogP contribution in [0.5, 0.6) is 5.75 Å². The lowest BCUT2D eigenvalue weighted by molar-refractivity contribution is 0.284. The maximum Gasteiger partial charge on any atom is 0.263 e. The highest BCUT2D eigenvalue weighted by Crippen LogP contribution is 2.49. The first-order valence-electron chi connectivity index (χ1n) is 14.2. The van der Waals surface area contributed by atoms with E-state index >= 15 is 0 Å². The van der Waals surface area contributed by atoms with Gasteiger partial charge in [0.2, 0.25) is 5.78 Å². The topological polar surface area (TPSA) is 61.4 Å². The SMILES string of the molecule is Cc1cccc(-n2c(=O)c3c(n4c(SCCOc5ccccc5)nnc24)-c2ccccc2CC32CCCCC2)c1. The molecule has 0 atom stereocenters.